The van der Waals surface area contributed by atoms with Gasteiger partial charge in [0.2, 0.25) is 0 Å². The second kappa shape index (κ2) is 6.06. The van der Waals surface area contributed by atoms with Crippen LogP contribution in [0, 0.1) is 0 Å². The van der Waals surface area contributed by atoms with E-state index in [9.17, 15) is 8.78 Å². The predicted molar refractivity (Wildman–Crippen MR) is 61.7 cm³/mol. The van der Waals surface area contributed by atoms with Crippen LogP contribution in [0.25, 0.3) is 0 Å². The van der Waals surface area contributed by atoms with Crippen molar-refractivity contribution >= 4 is 11.6 Å². The van der Waals surface area contributed by atoms with Crippen LogP contribution in [-0.2, 0) is 12.3 Å². The number of halogens is 3. The van der Waals surface area contributed by atoms with Crippen LogP contribution < -0.4 is 0 Å². The van der Waals surface area contributed by atoms with Gasteiger partial charge in [-0.2, -0.15) is 0 Å². The number of hydrogen-bond acceptors (Lipinski definition) is 0. The molecule has 15 heavy (non-hydrogen) atoms. The van der Waals surface area contributed by atoms with E-state index in [0.717, 1.165) is 18.9 Å². The van der Waals surface area contributed by atoms with Gasteiger partial charge in [-0.15, -0.1) is 0 Å². The minimum atomic E-state index is -2.86. The number of alkyl halides is 2. The molecule has 1 aromatic rings. The largest absolute Gasteiger partial charge is 0.271 e. The highest BCUT2D eigenvalue weighted by Crippen LogP contribution is 2.33. The number of aryl methyl sites for hydroxylation is 1. The van der Waals surface area contributed by atoms with Crippen molar-refractivity contribution in [3.8, 4) is 0 Å². The van der Waals surface area contributed by atoms with Gasteiger partial charge in [0.15, 0.2) is 0 Å². The quantitative estimate of drug-likeness (QED) is 0.673. The lowest BCUT2D eigenvalue weighted by molar-refractivity contribution is 0.0176. The van der Waals surface area contributed by atoms with Crippen molar-refractivity contribution in [2.24, 2.45) is 0 Å². The molecular weight excluding hydrogens is 218 g/mol. The Morgan fingerprint density at radius 1 is 1.27 bits per heavy atom. The predicted octanol–water partition coefficient (Wildman–Crippen LogP) is 5.04. The summed E-state index contributed by atoms with van der Waals surface area (Å²) in [7, 11) is 0. The molecule has 1 aromatic carbocycles. The van der Waals surface area contributed by atoms with Crippen molar-refractivity contribution in [3.63, 3.8) is 0 Å². The van der Waals surface area contributed by atoms with Crippen molar-refractivity contribution in [1.82, 2.24) is 0 Å². The second-order valence-electron chi connectivity index (χ2n) is 3.06. The maximum Gasteiger partial charge on any atom is 0.271 e. The summed E-state index contributed by atoms with van der Waals surface area (Å²) in [4.78, 5) is 0. The molecule has 0 heterocycles. The van der Waals surface area contributed by atoms with Crippen LogP contribution in [0.15, 0.2) is 18.2 Å². The second-order valence-corrected chi connectivity index (χ2v) is 3.46. The van der Waals surface area contributed by atoms with Gasteiger partial charge in [0.25, 0.3) is 5.92 Å². The van der Waals surface area contributed by atoms with Crippen LogP contribution in [0.4, 0.5) is 8.78 Å². The van der Waals surface area contributed by atoms with Gasteiger partial charge >= 0.3 is 0 Å². The third-order valence-electron chi connectivity index (χ3n) is 1.91. The van der Waals surface area contributed by atoms with Crippen molar-refractivity contribution < 1.29 is 8.78 Å². The summed E-state index contributed by atoms with van der Waals surface area (Å²) < 4.78 is 25.7. The molecule has 0 aliphatic carbocycles. The van der Waals surface area contributed by atoms with Gasteiger partial charge in [-0.1, -0.05) is 44.5 Å². The van der Waals surface area contributed by atoms with E-state index < -0.39 is 5.92 Å². The van der Waals surface area contributed by atoms with Crippen LogP contribution >= 0.6 is 11.6 Å². The topological polar surface area (TPSA) is 0 Å². The summed E-state index contributed by atoms with van der Waals surface area (Å²) in [5.41, 5.74) is 0.865. The van der Waals surface area contributed by atoms with Gasteiger partial charge in [0.1, 0.15) is 0 Å². The minimum Gasteiger partial charge on any atom is -0.202 e. The van der Waals surface area contributed by atoms with Crippen LogP contribution in [0.3, 0.4) is 0 Å². The molecule has 0 N–H and O–H groups in total. The normalized spacial score (nSPS) is 10.6. The minimum absolute atomic E-state index is 0.105. The Kier molecular flexibility index (Phi) is 5.81. The Balaban J connectivity index is 0.000000921. The van der Waals surface area contributed by atoms with Gasteiger partial charge < -0.3 is 0 Å². The molecule has 0 nitrogen and oxygen atoms in total. The Morgan fingerprint density at radius 3 is 2.13 bits per heavy atom. The lowest BCUT2D eigenvalue weighted by atomic mass is 10.1. The summed E-state index contributed by atoms with van der Waals surface area (Å²) in [6, 6.07) is 4.66. The third-order valence-corrected chi connectivity index (χ3v) is 2.23. The maximum atomic E-state index is 12.9. The third kappa shape index (κ3) is 4.17. The summed E-state index contributed by atoms with van der Waals surface area (Å²) in [5, 5.41) is 0.145. The molecule has 0 aliphatic rings. The highest BCUT2D eigenvalue weighted by atomic mass is 35.5. The SMILES string of the molecule is CC.CCc1ccc(C(C)(F)F)c(Cl)c1. The first-order chi connectivity index (χ1) is 6.95. The maximum absolute atomic E-state index is 12.9. The van der Waals surface area contributed by atoms with Crippen LogP contribution in [0.2, 0.25) is 5.02 Å². The molecule has 0 saturated heterocycles. The average molecular weight is 235 g/mol. The Bertz CT molecular complexity index is 303. The van der Waals surface area contributed by atoms with Gasteiger partial charge in [-0.05, 0) is 18.1 Å². The molecule has 0 aromatic heterocycles. The van der Waals surface area contributed by atoms with Crippen LogP contribution in [0.5, 0.6) is 0 Å². The monoisotopic (exact) mass is 234 g/mol. The number of benzene rings is 1. The van der Waals surface area contributed by atoms with E-state index in [1.165, 1.54) is 6.07 Å². The molecule has 0 unspecified atom stereocenters. The average Bonchev–Trinajstić information content (AvgIpc) is 2.18. The fraction of sp³-hybridized carbons (Fsp3) is 0.500. The van der Waals surface area contributed by atoms with Crippen molar-refractivity contribution in [2.45, 2.75) is 40.0 Å². The fourth-order valence-electron chi connectivity index (χ4n) is 1.13. The van der Waals surface area contributed by atoms with Crippen LogP contribution in [-0.4, -0.2) is 0 Å². The summed E-state index contributed by atoms with van der Waals surface area (Å²) in [5.74, 6) is -2.86. The zero-order chi connectivity index (χ0) is 12.1. The van der Waals surface area contributed by atoms with E-state index >= 15 is 0 Å². The van der Waals surface area contributed by atoms with Crippen LogP contribution in [0.1, 0.15) is 38.8 Å². The summed E-state index contributed by atoms with van der Waals surface area (Å²) in [6.07, 6.45) is 0.801. The fourth-order valence-corrected chi connectivity index (χ4v) is 1.50. The van der Waals surface area contributed by atoms with E-state index in [1.807, 2.05) is 20.8 Å². The van der Waals surface area contributed by atoms with Gasteiger partial charge in [0, 0.05) is 17.5 Å². The van der Waals surface area contributed by atoms with Crippen molar-refractivity contribution in [1.29, 1.82) is 0 Å². The lowest BCUT2D eigenvalue weighted by Gasteiger charge is -2.12. The smallest absolute Gasteiger partial charge is 0.202 e. The molecule has 0 fully saturated rings. The Morgan fingerprint density at radius 2 is 1.80 bits per heavy atom. The molecule has 0 radical (unpaired) electrons. The first kappa shape index (κ1) is 14.4. The molecule has 0 bridgehead atoms. The van der Waals surface area contributed by atoms with Gasteiger partial charge in [-0.25, -0.2) is 8.78 Å². The van der Waals surface area contributed by atoms with E-state index in [1.54, 1.807) is 12.1 Å². The molecular formula is C12H17ClF2. The van der Waals surface area contributed by atoms with E-state index in [2.05, 4.69) is 0 Å². The first-order valence-corrected chi connectivity index (χ1v) is 5.49. The molecule has 1 rings (SSSR count). The van der Waals surface area contributed by atoms with Gasteiger partial charge in [0.05, 0.1) is 0 Å². The highest BCUT2D eigenvalue weighted by Gasteiger charge is 2.26. The Labute approximate surface area is 95.3 Å². The van der Waals surface area contributed by atoms with Crippen molar-refractivity contribution in [3.05, 3.63) is 34.3 Å². The Hall–Kier alpha value is -0.630. The molecule has 0 saturated carbocycles. The highest BCUT2D eigenvalue weighted by molar-refractivity contribution is 6.31. The molecule has 0 atom stereocenters. The number of rotatable bonds is 2. The first-order valence-electron chi connectivity index (χ1n) is 5.12. The standard InChI is InChI=1S/C10H11ClF2.C2H6/c1-3-7-4-5-8(9(11)6-7)10(2,12)13;1-2/h4-6H,3H2,1-2H3;1-2H3. The molecule has 86 valence electrons. The zero-order valence-corrected chi connectivity index (χ0v) is 10.3. The van der Waals surface area contributed by atoms with Crippen molar-refractivity contribution in [2.75, 3.05) is 0 Å². The van der Waals surface area contributed by atoms with Gasteiger partial charge in [-0.3, -0.25) is 0 Å². The lowest BCUT2D eigenvalue weighted by Crippen LogP contribution is -2.07. The van der Waals surface area contributed by atoms with E-state index in [4.69, 9.17) is 11.6 Å². The molecule has 0 aliphatic heterocycles. The number of hydrogen-bond donors (Lipinski definition) is 0. The molecule has 0 amide bonds. The molecule has 3 heteroatoms. The van der Waals surface area contributed by atoms with E-state index in [-0.39, 0.29) is 10.6 Å². The zero-order valence-electron chi connectivity index (χ0n) is 9.57. The summed E-state index contributed by atoms with van der Waals surface area (Å²) in [6.45, 7) is 6.80. The van der Waals surface area contributed by atoms with E-state index in [0.29, 0.717) is 0 Å². The summed E-state index contributed by atoms with van der Waals surface area (Å²) >= 11 is 5.71. The molecule has 0 spiro atoms.